The van der Waals surface area contributed by atoms with Crippen molar-refractivity contribution in [2.75, 3.05) is 13.6 Å². The van der Waals surface area contributed by atoms with Crippen LogP contribution in [0.5, 0.6) is 0 Å². The maximum atomic E-state index is 6.21. The van der Waals surface area contributed by atoms with Crippen molar-refractivity contribution >= 4 is 0 Å². The molecule has 0 bridgehead atoms. The number of hydrogen-bond acceptors (Lipinski definition) is 2. The van der Waals surface area contributed by atoms with Gasteiger partial charge in [-0.25, -0.2) is 0 Å². The molecule has 1 saturated carbocycles. The molecule has 1 rings (SSSR count). The molecule has 0 spiro atoms. The van der Waals surface area contributed by atoms with Gasteiger partial charge in [0.25, 0.3) is 0 Å². The van der Waals surface area contributed by atoms with E-state index in [1.54, 1.807) is 0 Å². The van der Waals surface area contributed by atoms with Gasteiger partial charge in [0.15, 0.2) is 0 Å². The summed E-state index contributed by atoms with van der Waals surface area (Å²) in [6.07, 6.45) is 6.40. The molecule has 0 aliphatic heterocycles. The highest BCUT2D eigenvalue weighted by molar-refractivity contribution is 4.93. The summed E-state index contributed by atoms with van der Waals surface area (Å²) in [5.74, 6) is 0. The van der Waals surface area contributed by atoms with Gasteiger partial charge >= 0.3 is 0 Å². The molecular weight excluding hydrogens is 184 g/mol. The van der Waals surface area contributed by atoms with Crippen LogP contribution < -0.4 is 5.73 Å². The lowest BCUT2D eigenvalue weighted by atomic mass is 9.84. The molecule has 0 heterocycles. The molecule has 1 fully saturated rings. The van der Waals surface area contributed by atoms with Crippen molar-refractivity contribution in [3.63, 3.8) is 0 Å². The van der Waals surface area contributed by atoms with Crippen LogP contribution in [0.1, 0.15) is 52.9 Å². The Hall–Kier alpha value is -0.0800. The minimum absolute atomic E-state index is 0.358. The summed E-state index contributed by atoms with van der Waals surface area (Å²) < 4.78 is 0. The smallest absolute Gasteiger partial charge is 0.0105 e. The fourth-order valence-electron chi connectivity index (χ4n) is 2.82. The van der Waals surface area contributed by atoms with Crippen molar-refractivity contribution in [3.05, 3.63) is 0 Å². The SMILES string of the molecule is CCCC(C)N(C)CC1(C)CCCC1N. The van der Waals surface area contributed by atoms with E-state index in [1.807, 2.05) is 0 Å². The number of nitrogens with zero attached hydrogens (tertiary/aromatic N) is 1. The summed E-state index contributed by atoms with van der Waals surface area (Å²) >= 11 is 0. The van der Waals surface area contributed by atoms with Crippen LogP contribution in [0.4, 0.5) is 0 Å². The minimum Gasteiger partial charge on any atom is -0.327 e. The standard InChI is InChI=1S/C13H28N2/c1-5-7-11(2)15(4)10-13(3)9-6-8-12(13)14/h11-12H,5-10,14H2,1-4H3. The van der Waals surface area contributed by atoms with Gasteiger partial charge in [0.05, 0.1) is 0 Å². The van der Waals surface area contributed by atoms with E-state index in [0.29, 0.717) is 17.5 Å². The molecular formula is C13H28N2. The quantitative estimate of drug-likeness (QED) is 0.759. The molecule has 0 aromatic carbocycles. The zero-order valence-electron chi connectivity index (χ0n) is 10.9. The molecule has 0 amide bonds. The summed E-state index contributed by atoms with van der Waals surface area (Å²) in [6.45, 7) is 8.11. The van der Waals surface area contributed by atoms with Crippen LogP contribution in [0.25, 0.3) is 0 Å². The Balaban J connectivity index is 2.45. The fraction of sp³-hybridized carbons (Fsp3) is 1.00. The molecule has 2 nitrogen and oxygen atoms in total. The molecule has 90 valence electrons. The lowest BCUT2D eigenvalue weighted by Gasteiger charge is -2.36. The van der Waals surface area contributed by atoms with Gasteiger partial charge in [-0.05, 0) is 38.6 Å². The van der Waals surface area contributed by atoms with E-state index in [4.69, 9.17) is 5.73 Å². The predicted octanol–water partition coefficient (Wildman–Crippen LogP) is 2.62. The van der Waals surface area contributed by atoms with Gasteiger partial charge in [-0.2, -0.15) is 0 Å². The molecule has 2 N–H and O–H groups in total. The maximum absolute atomic E-state index is 6.21. The van der Waals surface area contributed by atoms with Crippen LogP contribution in [0.2, 0.25) is 0 Å². The summed E-state index contributed by atoms with van der Waals surface area (Å²) in [4.78, 5) is 2.49. The zero-order valence-corrected chi connectivity index (χ0v) is 10.9. The largest absolute Gasteiger partial charge is 0.327 e. The molecule has 3 atom stereocenters. The molecule has 15 heavy (non-hydrogen) atoms. The Morgan fingerprint density at radius 2 is 2.20 bits per heavy atom. The summed E-state index contributed by atoms with van der Waals surface area (Å²) in [6, 6.07) is 1.11. The van der Waals surface area contributed by atoms with Crippen molar-refractivity contribution in [2.24, 2.45) is 11.1 Å². The lowest BCUT2D eigenvalue weighted by Crippen LogP contribution is -2.45. The monoisotopic (exact) mass is 212 g/mol. The summed E-state index contributed by atoms with van der Waals surface area (Å²) in [5.41, 5.74) is 6.57. The van der Waals surface area contributed by atoms with Crippen LogP contribution in [0, 0.1) is 5.41 Å². The second-order valence-corrected chi connectivity index (χ2v) is 5.71. The van der Waals surface area contributed by atoms with Crippen LogP contribution in [0.15, 0.2) is 0 Å². The first kappa shape index (κ1) is 13.0. The lowest BCUT2D eigenvalue weighted by molar-refractivity contribution is 0.140. The maximum Gasteiger partial charge on any atom is 0.0105 e. The molecule has 0 radical (unpaired) electrons. The van der Waals surface area contributed by atoms with E-state index in [2.05, 4.69) is 32.7 Å². The van der Waals surface area contributed by atoms with Gasteiger partial charge in [-0.1, -0.05) is 26.7 Å². The van der Waals surface area contributed by atoms with E-state index in [-0.39, 0.29) is 0 Å². The van der Waals surface area contributed by atoms with E-state index < -0.39 is 0 Å². The van der Waals surface area contributed by atoms with Crippen molar-refractivity contribution in [1.29, 1.82) is 0 Å². The molecule has 2 heteroatoms. The number of nitrogens with two attached hydrogens (primary N) is 1. The van der Waals surface area contributed by atoms with Gasteiger partial charge in [-0.15, -0.1) is 0 Å². The minimum atomic E-state index is 0.358. The Bertz CT molecular complexity index is 193. The first-order chi connectivity index (χ1) is 6.99. The molecule has 1 aliphatic rings. The van der Waals surface area contributed by atoms with Crippen molar-refractivity contribution < 1.29 is 0 Å². The highest BCUT2D eigenvalue weighted by Gasteiger charge is 2.37. The third kappa shape index (κ3) is 3.18. The average Bonchev–Trinajstić information content (AvgIpc) is 2.47. The third-order valence-corrected chi connectivity index (χ3v) is 4.23. The van der Waals surface area contributed by atoms with Gasteiger partial charge in [0, 0.05) is 18.6 Å². The van der Waals surface area contributed by atoms with Gasteiger partial charge in [-0.3, -0.25) is 0 Å². The zero-order chi connectivity index (χ0) is 11.5. The first-order valence-electron chi connectivity index (χ1n) is 6.45. The normalized spacial score (nSPS) is 33.6. The van der Waals surface area contributed by atoms with Gasteiger partial charge in [0.1, 0.15) is 0 Å². The van der Waals surface area contributed by atoms with Gasteiger partial charge in [0.2, 0.25) is 0 Å². The van der Waals surface area contributed by atoms with E-state index in [0.717, 1.165) is 6.54 Å². The number of hydrogen-bond donors (Lipinski definition) is 1. The van der Waals surface area contributed by atoms with E-state index in [9.17, 15) is 0 Å². The Morgan fingerprint density at radius 3 is 2.67 bits per heavy atom. The third-order valence-electron chi connectivity index (χ3n) is 4.23. The Kier molecular flexibility index (Phi) is 4.60. The number of rotatable bonds is 5. The second-order valence-electron chi connectivity index (χ2n) is 5.71. The summed E-state index contributed by atoms with van der Waals surface area (Å²) in [7, 11) is 2.25. The van der Waals surface area contributed by atoms with Crippen LogP contribution in [0.3, 0.4) is 0 Å². The Labute approximate surface area is 95.2 Å². The van der Waals surface area contributed by atoms with Crippen LogP contribution in [-0.4, -0.2) is 30.6 Å². The second kappa shape index (κ2) is 5.31. The molecule has 3 unspecified atom stereocenters. The van der Waals surface area contributed by atoms with Crippen LogP contribution in [-0.2, 0) is 0 Å². The summed E-state index contributed by atoms with van der Waals surface area (Å²) in [5, 5.41) is 0. The fourth-order valence-corrected chi connectivity index (χ4v) is 2.82. The van der Waals surface area contributed by atoms with E-state index in [1.165, 1.54) is 32.1 Å². The van der Waals surface area contributed by atoms with Crippen molar-refractivity contribution in [2.45, 2.75) is 65.0 Å². The topological polar surface area (TPSA) is 29.3 Å². The van der Waals surface area contributed by atoms with Crippen molar-refractivity contribution in [1.82, 2.24) is 4.90 Å². The molecule has 0 aromatic heterocycles. The molecule has 0 saturated heterocycles. The highest BCUT2D eigenvalue weighted by atomic mass is 15.1. The van der Waals surface area contributed by atoms with Crippen molar-refractivity contribution in [3.8, 4) is 0 Å². The predicted molar refractivity (Wildman–Crippen MR) is 66.9 cm³/mol. The first-order valence-corrected chi connectivity index (χ1v) is 6.45. The Morgan fingerprint density at radius 1 is 1.53 bits per heavy atom. The van der Waals surface area contributed by atoms with Crippen LogP contribution >= 0.6 is 0 Å². The molecule has 0 aromatic rings. The highest BCUT2D eigenvalue weighted by Crippen LogP contribution is 2.37. The van der Waals surface area contributed by atoms with E-state index >= 15 is 0 Å². The average molecular weight is 212 g/mol. The molecule has 1 aliphatic carbocycles. The van der Waals surface area contributed by atoms with Gasteiger partial charge < -0.3 is 10.6 Å².